The molecule has 0 amide bonds. The summed E-state index contributed by atoms with van der Waals surface area (Å²) in [4.78, 5) is 26.2. The minimum atomic E-state index is -0.0475. The summed E-state index contributed by atoms with van der Waals surface area (Å²) in [5, 5.41) is 6.86. The van der Waals surface area contributed by atoms with Crippen molar-refractivity contribution in [1.82, 2.24) is 14.9 Å². The zero-order valence-electron chi connectivity index (χ0n) is 14.6. The summed E-state index contributed by atoms with van der Waals surface area (Å²) < 4.78 is 0. The molecule has 0 saturated heterocycles. The highest BCUT2D eigenvalue weighted by Gasteiger charge is 2.20. The van der Waals surface area contributed by atoms with Gasteiger partial charge in [0, 0.05) is 27.2 Å². The van der Waals surface area contributed by atoms with Crippen molar-refractivity contribution in [2.45, 2.75) is 26.4 Å². The fourth-order valence-corrected chi connectivity index (χ4v) is 5.57. The zero-order valence-corrected chi connectivity index (χ0v) is 17.0. The Morgan fingerprint density at radius 2 is 2.00 bits per heavy atom. The number of thiophene rings is 3. The molecule has 4 nitrogen and oxygen atoms in total. The lowest BCUT2D eigenvalue weighted by atomic mass is 10.2. The third kappa shape index (κ3) is 3.27. The summed E-state index contributed by atoms with van der Waals surface area (Å²) in [7, 11) is 0. The summed E-state index contributed by atoms with van der Waals surface area (Å²) in [5.74, 6) is 0.737. The Balaban J connectivity index is 1.69. The molecule has 0 aliphatic rings. The second-order valence-electron chi connectivity index (χ2n) is 6.08. The Labute approximate surface area is 163 Å². The number of hydrogen-bond acceptors (Lipinski definition) is 6. The molecule has 4 aromatic rings. The van der Waals surface area contributed by atoms with Gasteiger partial charge in [-0.25, -0.2) is 4.98 Å². The van der Waals surface area contributed by atoms with Crippen LogP contribution in [-0.4, -0.2) is 21.4 Å². The number of rotatable bonds is 6. The van der Waals surface area contributed by atoms with Crippen molar-refractivity contribution in [2.24, 2.45) is 0 Å². The lowest BCUT2D eigenvalue weighted by molar-refractivity contribution is 0.207. The van der Waals surface area contributed by atoms with Crippen LogP contribution in [0.1, 0.15) is 30.6 Å². The predicted octanol–water partition coefficient (Wildman–Crippen LogP) is 5.36. The second kappa shape index (κ2) is 7.44. The topological polar surface area (TPSA) is 49.0 Å². The Morgan fingerprint density at radius 1 is 1.19 bits per heavy atom. The number of aromatic amines is 1. The Kier molecular flexibility index (Phi) is 5.04. The van der Waals surface area contributed by atoms with Crippen LogP contribution in [0.4, 0.5) is 0 Å². The molecular weight excluding hydrogens is 382 g/mol. The smallest absolute Gasteiger partial charge is 0.260 e. The van der Waals surface area contributed by atoms with E-state index in [1.165, 1.54) is 4.88 Å². The highest BCUT2D eigenvalue weighted by molar-refractivity contribution is 7.18. The number of fused-ring (bicyclic) bond motifs is 1. The van der Waals surface area contributed by atoms with Crippen molar-refractivity contribution < 1.29 is 0 Å². The maximum absolute atomic E-state index is 12.8. The molecule has 7 heteroatoms. The van der Waals surface area contributed by atoms with Gasteiger partial charge in [0.1, 0.15) is 10.7 Å². The van der Waals surface area contributed by atoms with E-state index in [0.717, 1.165) is 34.2 Å². The number of H-pyrrole nitrogens is 1. The maximum Gasteiger partial charge on any atom is 0.260 e. The fraction of sp³-hybridized carbons (Fsp3) is 0.263. The molecule has 134 valence electrons. The van der Waals surface area contributed by atoms with E-state index in [0.29, 0.717) is 5.39 Å². The van der Waals surface area contributed by atoms with Crippen LogP contribution in [0.25, 0.3) is 20.7 Å². The van der Waals surface area contributed by atoms with E-state index in [1.807, 2.05) is 22.9 Å². The first kappa shape index (κ1) is 17.6. The van der Waals surface area contributed by atoms with E-state index in [-0.39, 0.29) is 11.6 Å². The number of hydrogen-bond donors (Lipinski definition) is 1. The van der Waals surface area contributed by atoms with E-state index in [9.17, 15) is 4.79 Å². The minimum Gasteiger partial charge on any atom is -0.309 e. The molecule has 0 aliphatic carbocycles. The van der Waals surface area contributed by atoms with Crippen molar-refractivity contribution in [3.05, 3.63) is 61.5 Å². The minimum absolute atomic E-state index is 0.0475. The Bertz CT molecular complexity index is 1050. The molecule has 4 rings (SSSR count). The molecule has 1 atom stereocenters. The standard InChI is InChI=1S/C19H19N3OS3/c1-3-22(10-13-6-4-8-24-13)12(2)17-20-18(23)16-14(11-26-19(16)21-17)15-7-5-9-25-15/h4-9,11-12H,3,10H2,1-2H3,(H,20,21,23)/t12-/m1/s1. The molecule has 0 aromatic carbocycles. The van der Waals surface area contributed by atoms with Crippen molar-refractivity contribution in [3.8, 4) is 10.4 Å². The van der Waals surface area contributed by atoms with Gasteiger partial charge >= 0.3 is 0 Å². The molecule has 0 aliphatic heterocycles. The number of aromatic nitrogens is 2. The average molecular weight is 402 g/mol. The predicted molar refractivity (Wildman–Crippen MR) is 112 cm³/mol. The van der Waals surface area contributed by atoms with Crippen molar-refractivity contribution in [3.63, 3.8) is 0 Å². The summed E-state index contributed by atoms with van der Waals surface area (Å²) in [6, 6.07) is 8.31. The van der Waals surface area contributed by atoms with Gasteiger partial charge in [-0.2, -0.15) is 0 Å². The molecule has 0 spiro atoms. The maximum atomic E-state index is 12.8. The summed E-state index contributed by atoms with van der Waals surface area (Å²) in [6.07, 6.45) is 0. The van der Waals surface area contributed by atoms with Crippen molar-refractivity contribution >= 4 is 44.2 Å². The molecule has 0 bridgehead atoms. The SMILES string of the molecule is CCN(Cc1cccs1)[C@H](C)c1nc2scc(-c3cccs3)c2c(=O)[nH]1. The zero-order chi connectivity index (χ0) is 18.1. The lowest BCUT2D eigenvalue weighted by Crippen LogP contribution is -2.28. The van der Waals surface area contributed by atoms with E-state index in [1.54, 1.807) is 34.0 Å². The highest BCUT2D eigenvalue weighted by Crippen LogP contribution is 2.34. The van der Waals surface area contributed by atoms with Crippen LogP contribution in [0.5, 0.6) is 0 Å². The summed E-state index contributed by atoms with van der Waals surface area (Å²) in [6.45, 7) is 6.00. The van der Waals surface area contributed by atoms with Crippen molar-refractivity contribution in [2.75, 3.05) is 6.54 Å². The van der Waals surface area contributed by atoms with E-state index in [4.69, 9.17) is 4.98 Å². The third-order valence-corrected chi connectivity index (χ3v) is 7.17. The molecule has 0 unspecified atom stereocenters. The normalized spacial score (nSPS) is 12.9. The third-order valence-electron chi connectivity index (χ3n) is 4.54. The molecule has 4 heterocycles. The van der Waals surface area contributed by atoms with E-state index >= 15 is 0 Å². The summed E-state index contributed by atoms with van der Waals surface area (Å²) >= 11 is 4.94. The van der Waals surface area contributed by atoms with Crippen LogP contribution in [0.15, 0.2) is 45.2 Å². The van der Waals surface area contributed by atoms with E-state index < -0.39 is 0 Å². The van der Waals surface area contributed by atoms with Crippen LogP contribution in [0, 0.1) is 0 Å². The first-order valence-corrected chi connectivity index (χ1v) is 11.1. The van der Waals surface area contributed by atoms with E-state index in [2.05, 4.69) is 41.2 Å². The van der Waals surface area contributed by atoms with Gasteiger partial charge in [-0.3, -0.25) is 9.69 Å². The van der Waals surface area contributed by atoms with Crippen LogP contribution in [0.3, 0.4) is 0 Å². The van der Waals surface area contributed by atoms with Crippen LogP contribution in [0.2, 0.25) is 0 Å². The van der Waals surface area contributed by atoms with Gasteiger partial charge in [-0.05, 0) is 36.4 Å². The molecule has 26 heavy (non-hydrogen) atoms. The average Bonchev–Trinajstić information content (AvgIpc) is 3.39. The van der Waals surface area contributed by atoms with Crippen LogP contribution < -0.4 is 5.56 Å². The number of nitrogens with zero attached hydrogens (tertiary/aromatic N) is 2. The Hall–Kier alpha value is -1.80. The van der Waals surface area contributed by atoms with Gasteiger partial charge in [0.05, 0.1) is 11.4 Å². The fourth-order valence-electron chi connectivity index (χ4n) is 3.07. The molecular formula is C19H19N3OS3. The highest BCUT2D eigenvalue weighted by atomic mass is 32.1. The first-order valence-electron chi connectivity index (χ1n) is 8.49. The van der Waals surface area contributed by atoms with Gasteiger partial charge in [0.2, 0.25) is 0 Å². The Morgan fingerprint density at radius 3 is 2.69 bits per heavy atom. The molecule has 0 fully saturated rings. The van der Waals surface area contributed by atoms with Gasteiger partial charge in [0.15, 0.2) is 0 Å². The molecule has 0 saturated carbocycles. The van der Waals surface area contributed by atoms with Gasteiger partial charge in [-0.15, -0.1) is 34.0 Å². The van der Waals surface area contributed by atoms with Gasteiger partial charge in [0.25, 0.3) is 5.56 Å². The van der Waals surface area contributed by atoms with Crippen LogP contribution >= 0.6 is 34.0 Å². The van der Waals surface area contributed by atoms with Crippen molar-refractivity contribution in [1.29, 1.82) is 0 Å². The molecule has 4 aromatic heterocycles. The lowest BCUT2D eigenvalue weighted by Gasteiger charge is -2.26. The summed E-state index contributed by atoms with van der Waals surface area (Å²) in [5.41, 5.74) is 0.938. The largest absolute Gasteiger partial charge is 0.309 e. The van der Waals surface area contributed by atoms with Gasteiger partial charge < -0.3 is 4.98 Å². The molecule has 1 N–H and O–H groups in total. The molecule has 0 radical (unpaired) electrons. The second-order valence-corrected chi connectivity index (χ2v) is 8.91. The quantitative estimate of drug-likeness (QED) is 0.473. The first-order chi connectivity index (χ1) is 12.7. The van der Waals surface area contributed by atoms with Crippen LogP contribution in [-0.2, 0) is 6.54 Å². The monoisotopic (exact) mass is 401 g/mol. The number of nitrogens with one attached hydrogen (secondary N) is 1. The van der Waals surface area contributed by atoms with Gasteiger partial charge in [-0.1, -0.05) is 19.1 Å².